The van der Waals surface area contributed by atoms with E-state index >= 15 is 0 Å². The molecule has 0 aliphatic rings. The van der Waals surface area contributed by atoms with Crippen molar-refractivity contribution in [1.29, 1.82) is 0 Å². The number of halogens is 2. The molecule has 0 saturated carbocycles. The molecule has 0 spiro atoms. The molecule has 4 nitrogen and oxygen atoms in total. The lowest BCUT2D eigenvalue weighted by Crippen LogP contribution is -2.20. The molecule has 0 aliphatic carbocycles. The van der Waals surface area contributed by atoms with Crippen LogP contribution < -0.4 is 10.6 Å². The first-order chi connectivity index (χ1) is 12.4. The Kier molecular flexibility index (Phi) is 5.96. The van der Waals surface area contributed by atoms with E-state index in [9.17, 15) is 0 Å². The summed E-state index contributed by atoms with van der Waals surface area (Å²) in [5.41, 5.74) is 4.32. The second-order valence-corrected chi connectivity index (χ2v) is 7.74. The van der Waals surface area contributed by atoms with Crippen LogP contribution in [-0.4, -0.2) is 14.9 Å². The number of hydrogen-bond donors (Lipinski definition) is 2. The Morgan fingerprint density at radius 2 is 1.85 bits per heavy atom. The summed E-state index contributed by atoms with van der Waals surface area (Å²) in [6, 6.07) is 13.9. The standard InChI is InChI=1S/C19H18BrClN4S/c1-12-7-13(2)9-15(8-12)22-19(26)23-18-16(20)11-25(24-18)10-14-5-3-4-6-17(14)21/h3-9,11H,10H2,1-2H3,(H2,22,23,24,26). The first kappa shape index (κ1) is 18.9. The lowest BCUT2D eigenvalue weighted by atomic mass is 10.1. The minimum absolute atomic E-state index is 0.485. The molecule has 0 amide bonds. The number of rotatable bonds is 4. The van der Waals surface area contributed by atoms with Gasteiger partial charge in [0, 0.05) is 16.9 Å². The third-order valence-corrected chi connectivity index (χ3v) is 4.87. The largest absolute Gasteiger partial charge is 0.332 e. The third-order valence-electron chi connectivity index (χ3n) is 3.72. The van der Waals surface area contributed by atoms with Gasteiger partial charge in [-0.05, 0) is 76.9 Å². The Hall–Kier alpha value is -1.89. The molecular formula is C19H18BrClN4S. The van der Waals surface area contributed by atoms with E-state index in [4.69, 9.17) is 23.8 Å². The van der Waals surface area contributed by atoms with Gasteiger partial charge in [-0.2, -0.15) is 5.10 Å². The Morgan fingerprint density at radius 1 is 1.15 bits per heavy atom. The van der Waals surface area contributed by atoms with Crippen LogP contribution in [0.1, 0.15) is 16.7 Å². The fourth-order valence-electron chi connectivity index (χ4n) is 2.68. The van der Waals surface area contributed by atoms with Crippen molar-refractivity contribution in [2.75, 3.05) is 10.6 Å². The number of aryl methyl sites for hydroxylation is 2. The fraction of sp³-hybridized carbons (Fsp3) is 0.158. The molecule has 3 aromatic rings. The van der Waals surface area contributed by atoms with Crippen molar-refractivity contribution in [2.45, 2.75) is 20.4 Å². The molecule has 0 aliphatic heterocycles. The summed E-state index contributed by atoms with van der Waals surface area (Å²) in [5.74, 6) is 0.652. The highest BCUT2D eigenvalue weighted by Gasteiger charge is 2.10. The molecule has 0 radical (unpaired) electrons. The van der Waals surface area contributed by atoms with Crippen molar-refractivity contribution >= 4 is 56.4 Å². The zero-order valence-corrected chi connectivity index (χ0v) is 17.5. The average molecular weight is 450 g/mol. The van der Waals surface area contributed by atoms with E-state index in [0.717, 1.165) is 20.7 Å². The fourth-order valence-corrected chi connectivity index (χ4v) is 3.51. The molecule has 26 heavy (non-hydrogen) atoms. The maximum absolute atomic E-state index is 6.22. The molecule has 0 saturated heterocycles. The predicted octanol–water partition coefficient (Wildman–Crippen LogP) is 5.77. The lowest BCUT2D eigenvalue weighted by molar-refractivity contribution is 0.690. The molecular weight excluding hydrogens is 432 g/mol. The van der Waals surface area contributed by atoms with Crippen molar-refractivity contribution in [2.24, 2.45) is 0 Å². The van der Waals surface area contributed by atoms with Crippen LogP contribution in [0, 0.1) is 13.8 Å². The van der Waals surface area contributed by atoms with Crippen LogP contribution in [0.15, 0.2) is 53.1 Å². The van der Waals surface area contributed by atoms with E-state index in [1.807, 2.05) is 47.3 Å². The van der Waals surface area contributed by atoms with Gasteiger partial charge in [0.1, 0.15) is 0 Å². The predicted molar refractivity (Wildman–Crippen MR) is 116 cm³/mol. The van der Waals surface area contributed by atoms with E-state index in [-0.39, 0.29) is 0 Å². The second-order valence-electron chi connectivity index (χ2n) is 6.07. The van der Waals surface area contributed by atoms with Gasteiger partial charge in [0.15, 0.2) is 10.9 Å². The summed E-state index contributed by atoms with van der Waals surface area (Å²) in [7, 11) is 0. The van der Waals surface area contributed by atoms with Crippen molar-refractivity contribution in [3.8, 4) is 0 Å². The monoisotopic (exact) mass is 448 g/mol. The third kappa shape index (κ3) is 4.84. The molecule has 1 heterocycles. The summed E-state index contributed by atoms with van der Waals surface area (Å²) < 4.78 is 2.64. The summed E-state index contributed by atoms with van der Waals surface area (Å²) in [4.78, 5) is 0. The Morgan fingerprint density at radius 3 is 2.54 bits per heavy atom. The number of hydrogen-bond acceptors (Lipinski definition) is 2. The van der Waals surface area contributed by atoms with Gasteiger partial charge in [-0.3, -0.25) is 4.68 Å². The molecule has 134 valence electrons. The maximum Gasteiger partial charge on any atom is 0.176 e. The van der Waals surface area contributed by atoms with Crippen LogP contribution in [-0.2, 0) is 6.54 Å². The molecule has 2 aromatic carbocycles. The normalized spacial score (nSPS) is 10.6. The maximum atomic E-state index is 6.22. The molecule has 2 N–H and O–H groups in total. The van der Waals surface area contributed by atoms with E-state index in [1.165, 1.54) is 11.1 Å². The van der Waals surface area contributed by atoms with Crippen molar-refractivity contribution < 1.29 is 0 Å². The Labute approximate surface area is 171 Å². The number of anilines is 2. The first-order valence-corrected chi connectivity index (χ1v) is 9.61. The zero-order chi connectivity index (χ0) is 18.7. The quantitative estimate of drug-likeness (QED) is 0.496. The number of nitrogens with one attached hydrogen (secondary N) is 2. The van der Waals surface area contributed by atoms with Gasteiger partial charge in [0.25, 0.3) is 0 Å². The van der Waals surface area contributed by atoms with Crippen LogP contribution in [0.2, 0.25) is 5.02 Å². The van der Waals surface area contributed by atoms with Crippen molar-refractivity contribution in [1.82, 2.24) is 9.78 Å². The smallest absolute Gasteiger partial charge is 0.176 e. The molecule has 0 unspecified atom stereocenters. The average Bonchev–Trinajstić information content (AvgIpc) is 2.88. The van der Waals surface area contributed by atoms with Gasteiger partial charge in [0.2, 0.25) is 0 Å². The molecule has 3 rings (SSSR count). The van der Waals surface area contributed by atoms with Gasteiger partial charge in [0.05, 0.1) is 11.0 Å². The van der Waals surface area contributed by atoms with Crippen LogP contribution >= 0.6 is 39.7 Å². The van der Waals surface area contributed by atoms with Crippen LogP contribution in [0.25, 0.3) is 0 Å². The number of nitrogens with zero attached hydrogens (tertiary/aromatic N) is 2. The molecule has 0 bridgehead atoms. The topological polar surface area (TPSA) is 41.9 Å². The lowest BCUT2D eigenvalue weighted by Gasteiger charge is -2.10. The van der Waals surface area contributed by atoms with Crippen LogP contribution in [0.4, 0.5) is 11.5 Å². The summed E-state index contributed by atoms with van der Waals surface area (Å²) >= 11 is 15.2. The summed E-state index contributed by atoms with van der Waals surface area (Å²) in [6.45, 7) is 4.69. The van der Waals surface area contributed by atoms with E-state index < -0.39 is 0 Å². The van der Waals surface area contributed by atoms with E-state index in [1.54, 1.807) is 0 Å². The highest BCUT2D eigenvalue weighted by molar-refractivity contribution is 9.10. The van der Waals surface area contributed by atoms with Crippen LogP contribution in [0.3, 0.4) is 0 Å². The zero-order valence-electron chi connectivity index (χ0n) is 14.4. The second kappa shape index (κ2) is 8.20. The van der Waals surface area contributed by atoms with E-state index in [0.29, 0.717) is 17.5 Å². The minimum Gasteiger partial charge on any atom is -0.332 e. The summed E-state index contributed by atoms with van der Waals surface area (Å²) in [5, 5.41) is 12.1. The number of aromatic nitrogens is 2. The van der Waals surface area contributed by atoms with Crippen LogP contribution in [0.5, 0.6) is 0 Å². The number of benzene rings is 2. The first-order valence-electron chi connectivity index (χ1n) is 8.03. The van der Waals surface area contributed by atoms with Gasteiger partial charge in [-0.1, -0.05) is 35.9 Å². The number of thiocarbonyl (C=S) groups is 1. The van der Waals surface area contributed by atoms with Gasteiger partial charge < -0.3 is 10.6 Å². The van der Waals surface area contributed by atoms with Gasteiger partial charge in [-0.25, -0.2) is 0 Å². The molecule has 7 heteroatoms. The Balaban J connectivity index is 1.69. The summed E-state index contributed by atoms with van der Waals surface area (Å²) in [6.07, 6.45) is 1.89. The highest BCUT2D eigenvalue weighted by Crippen LogP contribution is 2.23. The molecule has 0 fully saturated rings. The molecule has 1 aromatic heterocycles. The Bertz CT molecular complexity index is 934. The van der Waals surface area contributed by atoms with Gasteiger partial charge in [-0.15, -0.1) is 0 Å². The van der Waals surface area contributed by atoms with Gasteiger partial charge >= 0.3 is 0 Å². The molecule has 0 atom stereocenters. The van der Waals surface area contributed by atoms with Crippen molar-refractivity contribution in [3.63, 3.8) is 0 Å². The minimum atomic E-state index is 0.485. The SMILES string of the molecule is Cc1cc(C)cc(NC(=S)Nc2nn(Cc3ccccc3Cl)cc2Br)c1. The van der Waals surface area contributed by atoms with E-state index in [2.05, 4.69) is 51.6 Å². The highest BCUT2D eigenvalue weighted by atomic mass is 79.9. The van der Waals surface area contributed by atoms with Crippen molar-refractivity contribution in [3.05, 3.63) is 74.8 Å².